The number of esters is 1. The van der Waals surface area contributed by atoms with E-state index in [4.69, 9.17) is 17.3 Å². The van der Waals surface area contributed by atoms with E-state index in [1.165, 1.54) is 25.3 Å². The summed E-state index contributed by atoms with van der Waals surface area (Å²) < 4.78 is 18.4. The number of nitrogens with zero attached hydrogens (tertiary/aromatic N) is 1. The van der Waals surface area contributed by atoms with Gasteiger partial charge in [-0.15, -0.1) is 0 Å². The number of rotatable bonds is 5. The van der Waals surface area contributed by atoms with Crippen LogP contribution < -0.4 is 5.73 Å². The third-order valence-electron chi connectivity index (χ3n) is 2.85. The molecule has 6 heteroatoms. The summed E-state index contributed by atoms with van der Waals surface area (Å²) in [6, 6.07) is 4.21. The summed E-state index contributed by atoms with van der Waals surface area (Å²) in [5.41, 5.74) is 6.66. The largest absolute Gasteiger partial charge is 0.465 e. The molecule has 0 fully saturated rings. The van der Waals surface area contributed by atoms with Gasteiger partial charge in [-0.05, 0) is 25.1 Å². The van der Waals surface area contributed by atoms with Crippen LogP contribution in [0.1, 0.15) is 12.5 Å². The van der Waals surface area contributed by atoms with Crippen molar-refractivity contribution < 1.29 is 13.9 Å². The lowest BCUT2D eigenvalue weighted by Gasteiger charge is -2.08. The maximum atomic E-state index is 13.8. The zero-order chi connectivity index (χ0) is 16.9. The summed E-state index contributed by atoms with van der Waals surface area (Å²) in [6.07, 6.45) is 1.34. The van der Waals surface area contributed by atoms with E-state index >= 15 is 0 Å². The van der Waals surface area contributed by atoms with Gasteiger partial charge in [-0.25, -0.2) is 14.2 Å². The highest BCUT2D eigenvalue weighted by atomic mass is 35.5. The highest BCUT2D eigenvalue weighted by Crippen LogP contribution is 2.18. The van der Waals surface area contributed by atoms with Crippen molar-refractivity contribution in [3.8, 4) is 0 Å². The molecule has 0 saturated heterocycles. The molecule has 2 N–H and O–H groups in total. The van der Waals surface area contributed by atoms with Gasteiger partial charge in [-0.3, -0.25) is 0 Å². The minimum atomic E-state index is -0.650. The Bertz CT molecular complexity index is 693. The van der Waals surface area contributed by atoms with Gasteiger partial charge in [-0.2, -0.15) is 0 Å². The summed E-state index contributed by atoms with van der Waals surface area (Å²) in [7, 11) is 1.22. The van der Waals surface area contributed by atoms with Crippen LogP contribution in [0.4, 0.5) is 4.39 Å². The van der Waals surface area contributed by atoms with E-state index < -0.39 is 11.8 Å². The fraction of sp³-hybridized carbons (Fsp3) is 0.125. The van der Waals surface area contributed by atoms with Gasteiger partial charge in [0.25, 0.3) is 0 Å². The van der Waals surface area contributed by atoms with Gasteiger partial charge in [0.2, 0.25) is 0 Å². The second kappa shape index (κ2) is 7.56. The van der Waals surface area contributed by atoms with E-state index in [9.17, 15) is 9.18 Å². The van der Waals surface area contributed by atoms with E-state index in [0.29, 0.717) is 5.71 Å². The van der Waals surface area contributed by atoms with Gasteiger partial charge < -0.3 is 10.5 Å². The highest BCUT2D eigenvalue weighted by Gasteiger charge is 2.14. The number of benzene rings is 1. The quantitative estimate of drug-likeness (QED) is 0.391. The smallest absolute Gasteiger partial charge is 0.337 e. The Morgan fingerprint density at radius 1 is 1.50 bits per heavy atom. The zero-order valence-electron chi connectivity index (χ0n) is 12.3. The van der Waals surface area contributed by atoms with Crippen molar-refractivity contribution in [2.75, 3.05) is 7.11 Å². The molecule has 0 amide bonds. The Hall–Kier alpha value is -2.40. The van der Waals surface area contributed by atoms with Gasteiger partial charge in [0.1, 0.15) is 11.6 Å². The minimum Gasteiger partial charge on any atom is -0.465 e. The van der Waals surface area contributed by atoms with Crippen molar-refractivity contribution in [3.05, 3.63) is 70.8 Å². The Balaban J connectivity index is 3.27. The first-order chi connectivity index (χ1) is 10.3. The van der Waals surface area contributed by atoms with Gasteiger partial charge in [-0.1, -0.05) is 30.8 Å². The van der Waals surface area contributed by atoms with E-state index in [0.717, 1.165) is 0 Å². The minimum absolute atomic E-state index is 0.0164. The first kappa shape index (κ1) is 17.7. The van der Waals surface area contributed by atoms with Crippen LogP contribution in [0, 0.1) is 5.82 Å². The summed E-state index contributed by atoms with van der Waals surface area (Å²) in [4.78, 5) is 15.6. The summed E-state index contributed by atoms with van der Waals surface area (Å²) >= 11 is 5.70. The van der Waals surface area contributed by atoms with Gasteiger partial charge in [0, 0.05) is 21.9 Å². The van der Waals surface area contributed by atoms with Crippen molar-refractivity contribution in [1.29, 1.82) is 0 Å². The average molecular weight is 323 g/mol. The van der Waals surface area contributed by atoms with E-state index in [1.54, 1.807) is 13.0 Å². The topological polar surface area (TPSA) is 64.7 Å². The summed E-state index contributed by atoms with van der Waals surface area (Å²) in [5, 5.41) is 0.281. The lowest BCUT2D eigenvalue weighted by atomic mass is 10.1. The molecule has 4 nitrogen and oxygen atoms in total. The molecule has 0 bridgehead atoms. The Kier molecular flexibility index (Phi) is 6.07. The maximum absolute atomic E-state index is 13.8. The second-order valence-electron chi connectivity index (χ2n) is 4.29. The van der Waals surface area contributed by atoms with Crippen LogP contribution in [0.15, 0.2) is 59.4 Å². The molecule has 1 rings (SSSR count). The molecular formula is C16H16ClFN2O2. The number of carbonyl (C=O) groups excluding carboxylic acids is 1. The van der Waals surface area contributed by atoms with Crippen LogP contribution in [0.25, 0.3) is 0 Å². The molecule has 1 aromatic carbocycles. The predicted octanol–water partition coefficient (Wildman–Crippen LogP) is 3.37. The second-order valence-corrected chi connectivity index (χ2v) is 4.73. The lowest BCUT2D eigenvalue weighted by Crippen LogP contribution is -2.11. The van der Waals surface area contributed by atoms with E-state index in [1.807, 2.05) is 0 Å². The summed E-state index contributed by atoms with van der Waals surface area (Å²) in [6.45, 7) is 8.73. The number of ether oxygens (including phenoxy) is 1. The van der Waals surface area contributed by atoms with Crippen LogP contribution in [-0.4, -0.2) is 18.8 Å². The Morgan fingerprint density at radius 2 is 2.14 bits per heavy atom. The Labute approximate surface area is 133 Å². The molecule has 0 heterocycles. The molecule has 0 aromatic heterocycles. The van der Waals surface area contributed by atoms with Crippen molar-refractivity contribution in [2.45, 2.75) is 6.92 Å². The molecule has 0 aliphatic heterocycles. The lowest BCUT2D eigenvalue weighted by molar-refractivity contribution is -0.135. The number of hydrogen-bond acceptors (Lipinski definition) is 4. The number of methoxy groups -OCH3 is 1. The molecule has 0 saturated carbocycles. The maximum Gasteiger partial charge on any atom is 0.337 e. The van der Waals surface area contributed by atoms with Crippen molar-refractivity contribution >= 4 is 23.3 Å². The van der Waals surface area contributed by atoms with Gasteiger partial charge >= 0.3 is 5.97 Å². The molecule has 0 aliphatic rings. The highest BCUT2D eigenvalue weighted by molar-refractivity contribution is 6.30. The molecule has 0 aliphatic carbocycles. The van der Waals surface area contributed by atoms with E-state index in [2.05, 4.69) is 22.9 Å². The van der Waals surface area contributed by atoms with Gasteiger partial charge in [0.15, 0.2) is 0 Å². The standard InChI is InChI=1S/C16H16ClFN2O2/c1-5-12(9(2)16(21)22-4)15(19)20-10(3)13-7-6-11(17)8-14(13)18/h5-8H,1-2,19H2,3-4H3/b15-12-,20-10?. The van der Waals surface area contributed by atoms with Crippen LogP contribution in [0.5, 0.6) is 0 Å². The van der Waals surface area contributed by atoms with Crippen LogP contribution in [-0.2, 0) is 9.53 Å². The van der Waals surface area contributed by atoms with Crippen molar-refractivity contribution in [1.82, 2.24) is 0 Å². The number of hydrogen-bond donors (Lipinski definition) is 1. The summed E-state index contributed by atoms with van der Waals surface area (Å²) in [5.74, 6) is -1.19. The normalized spacial score (nSPS) is 12.5. The van der Waals surface area contributed by atoms with Crippen LogP contribution in [0.3, 0.4) is 0 Å². The molecule has 0 unspecified atom stereocenters. The SMILES string of the molecule is C=C/C(C(=C)C(=O)OC)=C(\N)N=C(C)c1ccc(Cl)cc1F. The van der Waals surface area contributed by atoms with Crippen molar-refractivity contribution in [2.24, 2.45) is 10.7 Å². The number of nitrogens with two attached hydrogens (primary N) is 1. The molecule has 1 aromatic rings. The zero-order valence-corrected chi connectivity index (χ0v) is 13.1. The average Bonchev–Trinajstić information content (AvgIpc) is 2.46. The van der Waals surface area contributed by atoms with Gasteiger partial charge in [0.05, 0.1) is 12.7 Å². The third-order valence-corrected chi connectivity index (χ3v) is 3.08. The van der Waals surface area contributed by atoms with E-state index in [-0.39, 0.29) is 27.6 Å². The monoisotopic (exact) mass is 322 g/mol. The first-order valence-corrected chi connectivity index (χ1v) is 6.60. The molecule has 0 spiro atoms. The predicted molar refractivity (Wildman–Crippen MR) is 86.2 cm³/mol. The van der Waals surface area contributed by atoms with Crippen LogP contribution >= 0.6 is 11.6 Å². The first-order valence-electron chi connectivity index (χ1n) is 6.22. The molecule has 116 valence electrons. The van der Waals surface area contributed by atoms with Crippen LogP contribution in [0.2, 0.25) is 5.02 Å². The molecule has 22 heavy (non-hydrogen) atoms. The fourth-order valence-corrected chi connectivity index (χ4v) is 1.86. The number of allylic oxidation sites excluding steroid dienone is 1. The number of carbonyl (C=O) groups is 1. The molecule has 0 atom stereocenters. The Morgan fingerprint density at radius 3 is 2.64 bits per heavy atom. The molecule has 0 radical (unpaired) electrons. The molecular weight excluding hydrogens is 307 g/mol. The third kappa shape index (κ3) is 4.05. The van der Waals surface area contributed by atoms with Crippen molar-refractivity contribution in [3.63, 3.8) is 0 Å². The fourth-order valence-electron chi connectivity index (χ4n) is 1.70. The number of aliphatic imine (C=N–C) groups is 1. The number of halogens is 2.